The van der Waals surface area contributed by atoms with E-state index in [2.05, 4.69) is 45.6 Å². The number of fused-ring (bicyclic) bond motifs is 1. The summed E-state index contributed by atoms with van der Waals surface area (Å²) in [5.74, 6) is -0.846. The number of ether oxygens (including phenoxy) is 2. The predicted octanol–water partition coefficient (Wildman–Crippen LogP) is 7.39. The number of anilines is 1. The van der Waals surface area contributed by atoms with Gasteiger partial charge >= 0.3 is 6.03 Å². The molecule has 0 atom stereocenters. The van der Waals surface area contributed by atoms with Gasteiger partial charge in [-0.15, -0.1) is 11.6 Å². The first-order chi connectivity index (χ1) is 27.6. The molecular weight excluding hydrogens is 788 g/mol. The number of allylic oxidation sites excluding steroid dienone is 4. The van der Waals surface area contributed by atoms with E-state index in [9.17, 15) is 32.1 Å². The zero-order chi connectivity index (χ0) is 42.9. The predicted molar refractivity (Wildman–Crippen MR) is 226 cm³/mol. The monoisotopic (exact) mass is 850 g/mol. The number of carbonyl (C=O) groups is 4. The first kappa shape index (κ1) is 48.6. The topological polar surface area (TPSA) is 163 Å². The number of amides is 5. The number of barbiturate groups is 1. The molecule has 16 heteroatoms. The Morgan fingerprint density at radius 1 is 0.862 bits per heavy atom. The van der Waals surface area contributed by atoms with E-state index in [1.54, 1.807) is 0 Å². The number of rotatable bonds is 25. The van der Waals surface area contributed by atoms with Gasteiger partial charge in [0.25, 0.3) is 21.9 Å². The van der Waals surface area contributed by atoms with Crippen molar-refractivity contribution in [1.82, 2.24) is 14.9 Å². The van der Waals surface area contributed by atoms with E-state index in [4.69, 9.17) is 25.9 Å². The highest BCUT2D eigenvalue weighted by atomic mass is 35.5. The molecule has 1 aromatic rings. The standard InChI is InChI=1S/C42H63ClN4O10S/c1-7-44(8-2)32-19-21-34-36(42(4,5)6)31-33(57-37(34)30-32)20-22-35-39(49)45(41(51)46(40(35)50)25-17-29-58(52,53)54)24-15-12-13-18-38(48)47(9-3)56-28-27-55-26-16-11-10-14-23-43/h19-22,30-31H,7-18,23-29H2,1-6H3,(H,52,53,54). The Balaban J connectivity index is 1.72. The van der Waals surface area contributed by atoms with Crippen LogP contribution in [0, 0.1) is 5.41 Å². The summed E-state index contributed by atoms with van der Waals surface area (Å²) < 4.78 is 44.0. The lowest BCUT2D eigenvalue weighted by molar-refractivity contribution is -0.189. The van der Waals surface area contributed by atoms with Gasteiger partial charge in [-0.05, 0) is 94.2 Å². The second-order valence-corrected chi connectivity index (χ2v) is 17.1. The molecule has 1 N–H and O–H groups in total. The van der Waals surface area contributed by atoms with Crippen LogP contribution in [-0.2, 0) is 34.1 Å². The van der Waals surface area contributed by atoms with Crippen molar-refractivity contribution in [1.29, 1.82) is 0 Å². The van der Waals surface area contributed by atoms with Crippen molar-refractivity contribution in [2.45, 2.75) is 99.3 Å². The van der Waals surface area contributed by atoms with Crippen LogP contribution in [-0.4, -0.2) is 116 Å². The first-order valence-electron chi connectivity index (χ1n) is 20.5. The maximum absolute atomic E-state index is 13.8. The van der Waals surface area contributed by atoms with Gasteiger partial charge in [-0.1, -0.05) is 40.0 Å². The van der Waals surface area contributed by atoms with E-state index < -0.39 is 33.7 Å². The lowest BCUT2D eigenvalue weighted by Gasteiger charge is -2.34. The molecule has 1 saturated heterocycles. The maximum Gasteiger partial charge on any atom is 0.333 e. The summed E-state index contributed by atoms with van der Waals surface area (Å²) in [4.78, 5) is 63.4. The highest BCUT2D eigenvalue weighted by Gasteiger charge is 2.41. The molecule has 2 heterocycles. The Kier molecular flexibility index (Phi) is 19.9. The van der Waals surface area contributed by atoms with Gasteiger partial charge in [0.1, 0.15) is 17.1 Å². The third kappa shape index (κ3) is 14.8. The van der Waals surface area contributed by atoms with Crippen LogP contribution in [0.4, 0.5) is 10.5 Å². The Morgan fingerprint density at radius 3 is 2.14 bits per heavy atom. The highest BCUT2D eigenvalue weighted by molar-refractivity contribution is 7.85. The third-order valence-electron chi connectivity index (χ3n) is 9.80. The first-order valence-corrected chi connectivity index (χ1v) is 22.6. The molecule has 0 radical (unpaired) electrons. The molecule has 2 aliphatic rings. The fraction of sp³-hybridized carbons (Fsp3) is 0.619. The normalized spacial score (nSPS) is 16.2. The summed E-state index contributed by atoms with van der Waals surface area (Å²) >= 11 is 5.70. The number of hydrogen-bond donors (Lipinski definition) is 1. The van der Waals surface area contributed by atoms with Crippen molar-refractivity contribution < 1.29 is 46.5 Å². The van der Waals surface area contributed by atoms with Crippen molar-refractivity contribution in [3.8, 4) is 5.75 Å². The molecule has 0 aromatic heterocycles. The molecule has 0 spiro atoms. The average Bonchev–Trinajstić information content (AvgIpc) is 3.17. The van der Waals surface area contributed by atoms with Gasteiger partial charge in [-0.25, -0.2) is 9.86 Å². The van der Waals surface area contributed by atoms with Crippen LogP contribution in [0.3, 0.4) is 0 Å². The number of imide groups is 2. The van der Waals surface area contributed by atoms with Crippen LogP contribution in [0.2, 0.25) is 0 Å². The zero-order valence-corrected chi connectivity index (χ0v) is 36.7. The second kappa shape index (κ2) is 23.7. The minimum Gasteiger partial charge on any atom is -0.457 e. The van der Waals surface area contributed by atoms with Crippen molar-refractivity contribution in [3.05, 3.63) is 53.3 Å². The summed E-state index contributed by atoms with van der Waals surface area (Å²) in [6, 6.07) is 5.19. The number of benzene rings is 1. The number of unbranched alkanes of at least 4 members (excludes halogenated alkanes) is 5. The lowest BCUT2D eigenvalue weighted by Crippen LogP contribution is -2.56. The largest absolute Gasteiger partial charge is 0.457 e. The Morgan fingerprint density at radius 2 is 1.52 bits per heavy atom. The van der Waals surface area contributed by atoms with Crippen molar-refractivity contribution in [2.75, 3.05) is 69.1 Å². The second-order valence-electron chi connectivity index (χ2n) is 15.2. The van der Waals surface area contributed by atoms with Gasteiger partial charge < -0.3 is 14.4 Å². The fourth-order valence-electron chi connectivity index (χ4n) is 6.64. The number of carbonyl (C=O) groups excluding carboxylic acids is 4. The molecule has 0 aliphatic carbocycles. The van der Waals surface area contributed by atoms with Crippen LogP contribution >= 0.6 is 11.6 Å². The Bertz CT molecular complexity index is 1770. The summed E-state index contributed by atoms with van der Waals surface area (Å²) in [6.07, 6.45) is 10.1. The number of hydrogen-bond acceptors (Lipinski definition) is 10. The summed E-state index contributed by atoms with van der Waals surface area (Å²) in [5, 5.41) is 1.31. The van der Waals surface area contributed by atoms with Crippen molar-refractivity contribution >= 4 is 56.7 Å². The molecule has 2 aliphatic heterocycles. The molecule has 5 amide bonds. The van der Waals surface area contributed by atoms with Gasteiger partial charge in [0, 0.05) is 68.9 Å². The van der Waals surface area contributed by atoms with Crippen LogP contribution in [0.25, 0.3) is 5.57 Å². The van der Waals surface area contributed by atoms with Gasteiger partial charge in [-0.3, -0.25) is 33.6 Å². The van der Waals surface area contributed by atoms with Gasteiger partial charge in [0.2, 0.25) is 5.91 Å². The van der Waals surface area contributed by atoms with Crippen LogP contribution in [0.1, 0.15) is 105 Å². The quantitative estimate of drug-likeness (QED) is 0.0261. The van der Waals surface area contributed by atoms with E-state index in [0.717, 1.165) is 65.4 Å². The number of nitrogens with zero attached hydrogens (tertiary/aromatic N) is 4. The van der Waals surface area contributed by atoms with Gasteiger partial charge in [-0.2, -0.15) is 8.42 Å². The number of urea groups is 1. The van der Waals surface area contributed by atoms with Gasteiger partial charge in [0.15, 0.2) is 0 Å². The molecule has 3 rings (SSSR count). The molecule has 1 fully saturated rings. The molecule has 0 unspecified atom stereocenters. The number of hydroxylamine groups is 2. The third-order valence-corrected chi connectivity index (χ3v) is 10.9. The smallest absolute Gasteiger partial charge is 0.333 e. The number of alkyl halides is 1. The fourth-order valence-corrected chi connectivity index (χ4v) is 7.32. The van der Waals surface area contributed by atoms with Crippen LogP contribution in [0.15, 0.2) is 47.8 Å². The van der Waals surface area contributed by atoms with Crippen molar-refractivity contribution in [3.63, 3.8) is 0 Å². The average molecular weight is 852 g/mol. The Labute approximate surface area is 349 Å². The van der Waals surface area contributed by atoms with E-state index in [0.29, 0.717) is 56.4 Å². The summed E-state index contributed by atoms with van der Waals surface area (Å²) in [5.41, 5.74) is 2.34. The molecule has 324 valence electrons. The Hall–Kier alpha value is -3.76. The SMILES string of the molecule is CCN(OCCOCCCCCCCl)C(=O)CCCCCN1C(=O)C(=CC=C2C=C(C(C)(C)C)c3ccc(N(CC)CC)cc3O2)C(=O)N(CCCS(=O)(=O)O)C1=O. The van der Waals surface area contributed by atoms with Gasteiger partial charge in [0.05, 0.1) is 19.0 Å². The molecule has 1 aromatic carbocycles. The molecule has 0 bridgehead atoms. The van der Waals surface area contributed by atoms with E-state index in [-0.39, 0.29) is 49.4 Å². The van der Waals surface area contributed by atoms with E-state index in [1.807, 2.05) is 25.1 Å². The summed E-state index contributed by atoms with van der Waals surface area (Å²) in [7, 11) is -4.35. The molecule has 0 saturated carbocycles. The van der Waals surface area contributed by atoms with E-state index in [1.165, 1.54) is 17.2 Å². The minimum absolute atomic E-state index is 0.0366. The number of halogens is 1. The summed E-state index contributed by atoms with van der Waals surface area (Å²) in [6.45, 7) is 15.1. The molecular formula is C42H63ClN4O10S. The lowest BCUT2D eigenvalue weighted by atomic mass is 9.80. The maximum atomic E-state index is 13.8. The highest BCUT2D eigenvalue weighted by Crippen LogP contribution is 2.44. The minimum atomic E-state index is -4.35. The molecule has 58 heavy (non-hydrogen) atoms. The van der Waals surface area contributed by atoms with E-state index >= 15 is 0 Å². The van der Waals surface area contributed by atoms with Crippen LogP contribution in [0.5, 0.6) is 5.75 Å². The van der Waals surface area contributed by atoms with Crippen LogP contribution < -0.4 is 9.64 Å². The van der Waals surface area contributed by atoms with Crippen molar-refractivity contribution in [2.24, 2.45) is 5.41 Å². The zero-order valence-electron chi connectivity index (χ0n) is 35.1. The molecule has 14 nitrogen and oxygen atoms in total.